The Morgan fingerprint density at radius 1 is 1.00 bits per heavy atom. The smallest absolute Gasteiger partial charge is 0.273 e. The Hall–Kier alpha value is -2.92. The molecule has 5 nitrogen and oxygen atoms in total. The van der Waals surface area contributed by atoms with E-state index in [1.165, 1.54) is 6.08 Å². The van der Waals surface area contributed by atoms with Crippen LogP contribution in [0.25, 0.3) is 6.08 Å². The molecule has 25 heavy (non-hydrogen) atoms. The van der Waals surface area contributed by atoms with E-state index >= 15 is 0 Å². The van der Waals surface area contributed by atoms with Gasteiger partial charge in [-0.1, -0.05) is 35.9 Å². The number of halogens is 1. The molecule has 0 bridgehead atoms. The van der Waals surface area contributed by atoms with Gasteiger partial charge < -0.3 is 0 Å². The predicted molar refractivity (Wildman–Crippen MR) is 96.4 cm³/mol. The van der Waals surface area contributed by atoms with E-state index in [1.807, 2.05) is 19.9 Å². The Morgan fingerprint density at radius 3 is 2.40 bits per heavy atom. The summed E-state index contributed by atoms with van der Waals surface area (Å²) in [4.78, 5) is 38.1. The number of aryl methyl sites for hydroxylation is 2. The molecule has 0 saturated carbocycles. The van der Waals surface area contributed by atoms with Crippen molar-refractivity contribution in [2.45, 2.75) is 13.8 Å². The van der Waals surface area contributed by atoms with Crippen LogP contribution in [0.4, 0.5) is 10.5 Å². The number of hydrogen-bond donors (Lipinski definition) is 1. The summed E-state index contributed by atoms with van der Waals surface area (Å²) >= 11 is 6.09. The van der Waals surface area contributed by atoms with Gasteiger partial charge in [0.05, 0.1) is 5.69 Å². The Kier molecular flexibility index (Phi) is 4.42. The quantitative estimate of drug-likeness (QED) is 0.661. The van der Waals surface area contributed by atoms with Crippen LogP contribution in [0.2, 0.25) is 5.02 Å². The van der Waals surface area contributed by atoms with Gasteiger partial charge in [-0.2, -0.15) is 0 Å². The largest absolute Gasteiger partial charge is 0.335 e. The normalized spacial score (nSPS) is 16.4. The molecule has 0 spiro atoms. The molecule has 1 fully saturated rings. The minimum absolute atomic E-state index is 0.147. The number of benzene rings is 2. The number of carbonyl (C=O) groups excluding carboxylic acids is 3. The Balaban J connectivity index is 2.05. The molecule has 2 aromatic carbocycles. The fourth-order valence-corrected chi connectivity index (χ4v) is 2.69. The van der Waals surface area contributed by atoms with Crippen LogP contribution in [0.15, 0.2) is 48.0 Å². The molecule has 126 valence electrons. The summed E-state index contributed by atoms with van der Waals surface area (Å²) < 4.78 is 0. The van der Waals surface area contributed by atoms with Gasteiger partial charge in [-0.05, 0) is 54.8 Å². The Morgan fingerprint density at radius 2 is 1.72 bits per heavy atom. The number of barbiturate groups is 1. The first-order valence-electron chi connectivity index (χ1n) is 7.61. The van der Waals surface area contributed by atoms with Crippen molar-refractivity contribution in [3.63, 3.8) is 0 Å². The first kappa shape index (κ1) is 16.9. The van der Waals surface area contributed by atoms with Crippen molar-refractivity contribution >= 4 is 41.2 Å². The zero-order chi connectivity index (χ0) is 18.1. The number of rotatable bonds is 2. The van der Waals surface area contributed by atoms with Gasteiger partial charge in [0, 0.05) is 5.02 Å². The number of carbonyl (C=O) groups is 3. The third kappa shape index (κ3) is 3.19. The lowest BCUT2D eigenvalue weighted by Crippen LogP contribution is -2.54. The van der Waals surface area contributed by atoms with Crippen molar-refractivity contribution in [1.29, 1.82) is 0 Å². The third-order valence-corrected chi connectivity index (χ3v) is 4.40. The molecule has 0 aromatic heterocycles. The van der Waals surface area contributed by atoms with E-state index in [2.05, 4.69) is 5.32 Å². The minimum atomic E-state index is -0.769. The van der Waals surface area contributed by atoms with Crippen LogP contribution in [0.5, 0.6) is 0 Å². The number of imide groups is 2. The van der Waals surface area contributed by atoms with Crippen LogP contribution in [0.1, 0.15) is 16.7 Å². The molecule has 6 heteroatoms. The van der Waals surface area contributed by atoms with Gasteiger partial charge >= 0.3 is 6.03 Å². The molecular formula is C19H15ClN2O3. The summed E-state index contributed by atoms with van der Waals surface area (Å²) in [7, 11) is 0. The highest BCUT2D eigenvalue weighted by Gasteiger charge is 2.36. The summed E-state index contributed by atoms with van der Waals surface area (Å²) in [6.45, 7) is 3.82. The predicted octanol–water partition coefficient (Wildman–Crippen LogP) is 3.62. The molecule has 1 aliphatic rings. The fraction of sp³-hybridized carbons (Fsp3) is 0.105. The van der Waals surface area contributed by atoms with Crippen molar-refractivity contribution in [3.8, 4) is 0 Å². The topological polar surface area (TPSA) is 66.5 Å². The van der Waals surface area contributed by atoms with Crippen molar-refractivity contribution in [3.05, 3.63) is 69.8 Å². The SMILES string of the molecule is Cc1ccc(N2C(=O)NC(=O)/C(=C\c3ccccc3Cl)C2=O)cc1C. The molecule has 1 heterocycles. The van der Waals surface area contributed by atoms with E-state index in [9.17, 15) is 14.4 Å². The van der Waals surface area contributed by atoms with Crippen molar-refractivity contribution in [2.24, 2.45) is 0 Å². The van der Waals surface area contributed by atoms with Gasteiger partial charge in [-0.25, -0.2) is 9.69 Å². The molecule has 1 N–H and O–H groups in total. The highest BCUT2D eigenvalue weighted by Crippen LogP contribution is 2.25. The van der Waals surface area contributed by atoms with Gasteiger partial charge in [0.2, 0.25) is 0 Å². The van der Waals surface area contributed by atoms with Gasteiger partial charge in [0.1, 0.15) is 5.57 Å². The average molecular weight is 355 g/mol. The van der Waals surface area contributed by atoms with E-state index in [1.54, 1.807) is 36.4 Å². The van der Waals surface area contributed by atoms with Crippen molar-refractivity contribution in [2.75, 3.05) is 4.90 Å². The summed E-state index contributed by atoms with van der Waals surface area (Å²) in [6, 6.07) is 11.3. The minimum Gasteiger partial charge on any atom is -0.273 e. The summed E-state index contributed by atoms with van der Waals surface area (Å²) in [5.74, 6) is -1.42. The lowest BCUT2D eigenvalue weighted by Gasteiger charge is -2.26. The molecule has 0 atom stereocenters. The van der Waals surface area contributed by atoms with Crippen LogP contribution < -0.4 is 10.2 Å². The van der Waals surface area contributed by atoms with Gasteiger partial charge in [-0.3, -0.25) is 14.9 Å². The average Bonchev–Trinajstić information content (AvgIpc) is 2.56. The highest BCUT2D eigenvalue weighted by molar-refractivity contribution is 6.39. The summed E-state index contributed by atoms with van der Waals surface area (Å²) in [6.07, 6.45) is 1.39. The summed E-state index contributed by atoms with van der Waals surface area (Å²) in [5, 5.41) is 2.61. The standard InChI is InChI=1S/C19H15ClN2O3/c1-11-7-8-14(9-12(11)2)22-18(24)15(17(23)21-19(22)25)10-13-5-3-4-6-16(13)20/h3-10H,1-2H3,(H,21,23,25)/b15-10+. The third-order valence-electron chi connectivity index (χ3n) is 4.06. The number of anilines is 1. The van der Waals surface area contributed by atoms with Crippen LogP contribution in [0.3, 0.4) is 0 Å². The van der Waals surface area contributed by atoms with Crippen molar-refractivity contribution < 1.29 is 14.4 Å². The molecular weight excluding hydrogens is 340 g/mol. The maximum Gasteiger partial charge on any atom is 0.335 e. The lowest BCUT2D eigenvalue weighted by atomic mass is 10.1. The number of amides is 4. The highest BCUT2D eigenvalue weighted by atomic mass is 35.5. The number of nitrogens with one attached hydrogen (secondary N) is 1. The van der Waals surface area contributed by atoms with Crippen molar-refractivity contribution in [1.82, 2.24) is 5.32 Å². The number of hydrogen-bond acceptors (Lipinski definition) is 3. The number of nitrogens with zero attached hydrogens (tertiary/aromatic N) is 1. The molecule has 4 amide bonds. The molecule has 0 aliphatic carbocycles. The number of urea groups is 1. The zero-order valence-corrected chi connectivity index (χ0v) is 14.4. The molecule has 2 aromatic rings. The van der Waals surface area contributed by atoms with Crippen LogP contribution in [0, 0.1) is 13.8 Å². The maximum absolute atomic E-state index is 12.8. The van der Waals surface area contributed by atoms with E-state index in [-0.39, 0.29) is 5.57 Å². The first-order valence-corrected chi connectivity index (χ1v) is 7.99. The van der Waals surface area contributed by atoms with E-state index in [0.29, 0.717) is 16.3 Å². The first-order chi connectivity index (χ1) is 11.9. The Bertz CT molecular complexity index is 934. The maximum atomic E-state index is 12.8. The van der Waals surface area contributed by atoms with Gasteiger partial charge in [-0.15, -0.1) is 0 Å². The second-order valence-corrected chi connectivity index (χ2v) is 6.16. The summed E-state index contributed by atoms with van der Waals surface area (Å²) in [5.41, 5.74) is 2.76. The van der Waals surface area contributed by atoms with Crippen LogP contribution >= 0.6 is 11.6 Å². The van der Waals surface area contributed by atoms with E-state index in [4.69, 9.17) is 11.6 Å². The van der Waals surface area contributed by atoms with E-state index in [0.717, 1.165) is 16.0 Å². The molecule has 0 radical (unpaired) electrons. The van der Waals surface area contributed by atoms with E-state index < -0.39 is 17.8 Å². The second kappa shape index (κ2) is 6.53. The molecule has 0 unspecified atom stereocenters. The monoisotopic (exact) mass is 354 g/mol. The van der Waals surface area contributed by atoms with Crippen LogP contribution in [-0.2, 0) is 9.59 Å². The Labute approximate surface area is 149 Å². The fourth-order valence-electron chi connectivity index (χ4n) is 2.50. The molecule has 1 saturated heterocycles. The lowest BCUT2D eigenvalue weighted by molar-refractivity contribution is -0.122. The van der Waals surface area contributed by atoms with Gasteiger partial charge in [0.15, 0.2) is 0 Å². The zero-order valence-electron chi connectivity index (χ0n) is 13.7. The van der Waals surface area contributed by atoms with Gasteiger partial charge in [0.25, 0.3) is 11.8 Å². The molecule has 1 aliphatic heterocycles. The second-order valence-electron chi connectivity index (χ2n) is 5.75. The van der Waals surface area contributed by atoms with Crippen LogP contribution in [-0.4, -0.2) is 17.8 Å². The molecule has 3 rings (SSSR count).